The maximum absolute atomic E-state index is 12.6. The lowest BCUT2D eigenvalue weighted by Crippen LogP contribution is -2.47. The molecule has 27 heavy (non-hydrogen) atoms. The highest BCUT2D eigenvalue weighted by atomic mass is 16.5. The van der Waals surface area contributed by atoms with Gasteiger partial charge in [0, 0.05) is 17.8 Å². The highest BCUT2D eigenvalue weighted by Crippen LogP contribution is 2.36. The number of rotatable bonds is 5. The molecule has 2 N–H and O–H groups in total. The quantitative estimate of drug-likeness (QED) is 0.851. The summed E-state index contributed by atoms with van der Waals surface area (Å²) in [5.74, 6) is -0.286. The van der Waals surface area contributed by atoms with Crippen molar-refractivity contribution in [3.63, 3.8) is 0 Å². The SMILES string of the molecule is CCC(=O)Nc1ccc2c(c1)N(CC(=O)Nc1ccccc1)C(=O)C(C)O2. The highest BCUT2D eigenvalue weighted by molar-refractivity contribution is 6.06. The first kappa shape index (κ1) is 18.4. The van der Waals surface area contributed by atoms with Crippen LogP contribution in [0.3, 0.4) is 0 Å². The molecule has 3 rings (SSSR count). The molecule has 140 valence electrons. The van der Waals surface area contributed by atoms with E-state index in [1.165, 1.54) is 4.90 Å². The zero-order valence-corrected chi connectivity index (χ0v) is 15.2. The summed E-state index contributed by atoms with van der Waals surface area (Å²) in [6.07, 6.45) is -0.356. The van der Waals surface area contributed by atoms with E-state index in [1.54, 1.807) is 44.2 Å². The summed E-state index contributed by atoms with van der Waals surface area (Å²) in [5.41, 5.74) is 1.65. The highest BCUT2D eigenvalue weighted by Gasteiger charge is 2.33. The van der Waals surface area contributed by atoms with Gasteiger partial charge in [0.1, 0.15) is 12.3 Å². The maximum atomic E-state index is 12.6. The minimum absolute atomic E-state index is 0.139. The molecule has 0 aromatic heterocycles. The normalized spacial score (nSPS) is 15.6. The monoisotopic (exact) mass is 367 g/mol. The van der Waals surface area contributed by atoms with E-state index in [-0.39, 0.29) is 24.3 Å². The molecule has 1 aliphatic heterocycles. The van der Waals surface area contributed by atoms with Crippen LogP contribution in [0.4, 0.5) is 17.1 Å². The third-order valence-corrected chi connectivity index (χ3v) is 4.13. The van der Waals surface area contributed by atoms with Crippen LogP contribution in [0.25, 0.3) is 0 Å². The fraction of sp³-hybridized carbons (Fsp3) is 0.250. The first-order valence-corrected chi connectivity index (χ1v) is 8.74. The molecule has 0 aliphatic carbocycles. The van der Waals surface area contributed by atoms with Crippen molar-refractivity contribution in [2.75, 3.05) is 22.1 Å². The fourth-order valence-corrected chi connectivity index (χ4v) is 2.76. The van der Waals surface area contributed by atoms with Crippen molar-refractivity contribution in [2.24, 2.45) is 0 Å². The molecule has 0 saturated carbocycles. The van der Waals surface area contributed by atoms with E-state index >= 15 is 0 Å². The number of para-hydroxylation sites is 1. The second-order valence-electron chi connectivity index (χ2n) is 6.18. The predicted molar refractivity (Wildman–Crippen MR) is 103 cm³/mol. The smallest absolute Gasteiger partial charge is 0.268 e. The van der Waals surface area contributed by atoms with Crippen LogP contribution in [0.5, 0.6) is 5.75 Å². The number of benzene rings is 2. The van der Waals surface area contributed by atoms with Gasteiger partial charge >= 0.3 is 0 Å². The van der Waals surface area contributed by atoms with Crippen LogP contribution in [-0.2, 0) is 14.4 Å². The summed E-state index contributed by atoms with van der Waals surface area (Å²) < 4.78 is 5.62. The van der Waals surface area contributed by atoms with E-state index in [1.807, 2.05) is 18.2 Å². The van der Waals surface area contributed by atoms with Gasteiger partial charge in [-0.1, -0.05) is 25.1 Å². The van der Waals surface area contributed by atoms with Crippen LogP contribution in [0.15, 0.2) is 48.5 Å². The number of nitrogens with one attached hydrogen (secondary N) is 2. The first-order valence-electron chi connectivity index (χ1n) is 8.74. The number of amides is 3. The zero-order chi connectivity index (χ0) is 19.4. The van der Waals surface area contributed by atoms with Crippen LogP contribution in [0.1, 0.15) is 20.3 Å². The van der Waals surface area contributed by atoms with Gasteiger partial charge in [-0.3, -0.25) is 19.3 Å². The number of nitrogens with zero attached hydrogens (tertiary/aromatic N) is 1. The first-order chi connectivity index (χ1) is 13.0. The van der Waals surface area contributed by atoms with E-state index in [4.69, 9.17) is 4.74 Å². The molecular formula is C20H21N3O4. The Bertz CT molecular complexity index is 867. The summed E-state index contributed by atoms with van der Waals surface area (Å²) >= 11 is 0. The Morgan fingerprint density at radius 1 is 1.04 bits per heavy atom. The summed E-state index contributed by atoms with van der Waals surface area (Å²) in [4.78, 5) is 38.1. The lowest BCUT2D eigenvalue weighted by molar-refractivity contribution is -0.127. The minimum atomic E-state index is -0.696. The van der Waals surface area contributed by atoms with Gasteiger partial charge in [0.15, 0.2) is 6.10 Å². The number of carbonyl (C=O) groups excluding carboxylic acids is 3. The molecule has 1 heterocycles. The average Bonchev–Trinajstić information content (AvgIpc) is 2.66. The van der Waals surface area contributed by atoms with Crippen molar-refractivity contribution in [2.45, 2.75) is 26.4 Å². The molecule has 0 spiro atoms. The van der Waals surface area contributed by atoms with E-state index in [2.05, 4.69) is 10.6 Å². The molecule has 7 heteroatoms. The largest absolute Gasteiger partial charge is 0.479 e. The Morgan fingerprint density at radius 3 is 2.44 bits per heavy atom. The molecule has 2 aromatic carbocycles. The molecule has 3 amide bonds. The van der Waals surface area contributed by atoms with Gasteiger partial charge in [-0.2, -0.15) is 0 Å². The number of hydrogen-bond acceptors (Lipinski definition) is 4. The van der Waals surface area contributed by atoms with Gasteiger partial charge in [0.05, 0.1) is 5.69 Å². The van der Waals surface area contributed by atoms with Crippen LogP contribution in [0.2, 0.25) is 0 Å². The Balaban J connectivity index is 1.83. The Hall–Kier alpha value is -3.35. The molecule has 0 fully saturated rings. The van der Waals surface area contributed by atoms with Crippen molar-refractivity contribution in [1.29, 1.82) is 0 Å². The Labute approximate surface area is 157 Å². The zero-order valence-electron chi connectivity index (χ0n) is 15.2. The summed E-state index contributed by atoms with van der Waals surface area (Å²) in [6.45, 7) is 3.24. The number of anilines is 3. The number of fused-ring (bicyclic) bond motifs is 1. The van der Waals surface area contributed by atoms with Crippen molar-refractivity contribution < 1.29 is 19.1 Å². The molecule has 1 aliphatic rings. The lowest BCUT2D eigenvalue weighted by Gasteiger charge is -2.33. The van der Waals surface area contributed by atoms with Crippen LogP contribution in [-0.4, -0.2) is 30.4 Å². The third kappa shape index (κ3) is 4.25. The van der Waals surface area contributed by atoms with Crippen molar-refractivity contribution in [1.82, 2.24) is 0 Å². The molecule has 1 atom stereocenters. The topological polar surface area (TPSA) is 87.7 Å². The van der Waals surface area contributed by atoms with Crippen molar-refractivity contribution >= 4 is 34.8 Å². The van der Waals surface area contributed by atoms with Gasteiger partial charge in [-0.05, 0) is 37.3 Å². The number of ether oxygens (including phenoxy) is 1. The van der Waals surface area contributed by atoms with Gasteiger partial charge in [0.25, 0.3) is 5.91 Å². The predicted octanol–water partition coefficient (Wildman–Crippen LogP) is 2.79. The van der Waals surface area contributed by atoms with Gasteiger partial charge in [-0.15, -0.1) is 0 Å². The lowest BCUT2D eigenvalue weighted by atomic mass is 10.1. The van der Waals surface area contributed by atoms with Crippen LogP contribution in [0, 0.1) is 0 Å². The molecular weight excluding hydrogens is 346 g/mol. The second kappa shape index (κ2) is 7.90. The number of carbonyl (C=O) groups is 3. The fourth-order valence-electron chi connectivity index (χ4n) is 2.76. The van der Waals surface area contributed by atoms with E-state index in [0.717, 1.165) is 0 Å². The van der Waals surface area contributed by atoms with Crippen molar-refractivity contribution in [3.8, 4) is 5.75 Å². The maximum Gasteiger partial charge on any atom is 0.268 e. The van der Waals surface area contributed by atoms with Gasteiger partial charge in [-0.25, -0.2) is 0 Å². The number of hydrogen-bond donors (Lipinski definition) is 2. The molecule has 2 aromatic rings. The summed E-state index contributed by atoms with van der Waals surface area (Å²) in [5, 5.41) is 5.52. The Kier molecular flexibility index (Phi) is 5.40. The molecule has 0 saturated heterocycles. The second-order valence-corrected chi connectivity index (χ2v) is 6.18. The van der Waals surface area contributed by atoms with Crippen LogP contribution >= 0.6 is 0 Å². The van der Waals surface area contributed by atoms with E-state index in [9.17, 15) is 14.4 Å². The van der Waals surface area contributed by atoms with Gasteiger partial charge in [0.2, 0.25) is 11.8 Å². The standard InChI is InChI=1S/C20H21N3O4/c1-3-18(24)22-15-9-10-17-16(11-15)23(20(26)13(2)27-17)12-19(25)21-14-7-5-4-6-8-14/h4-11,13H,3,12H2,1-2H3,(H,21,25)(H,22,24). The van der Waals surface area contributed by atoms with Crippen molar-refractivity contribution in [3.05, 3.63) is 48.5 Å². The summed E-state index contributed by atoms with van der Waals surface area (Å²) in [7, 11) is 0. The summed E-state index contributed by atoms with van der Waals surface area (Å²) in [6, 6.07) is 14.1. The molecule has 1 unspecified atom stereocenters. The van der Waals surface area contributed by atoms with E-state index < -0.39 is 6.10 Å². The Morgan fingerprint density at radius 2 is 1.74 bits per heavy atom. The van der Waals surface area contributed by atoms with Gasteiger partial charge < -0.3 is 15.4 Å². The minimum Gasteiger partial charge on any atom is -0.479 e. The average molecular weight is 367 g/mol. The van der Waals surface area contributed by atoms with E-state index in [0.29, 0.717) is 29.2 Å². The van der Waals surface area contributed by atoms with Crippen LogP contribution < -0.4 is 20.3 Å². The molecule has 0 bridgehead atoms. The molecule has 7 nitrogen and oxygen atoms in total. The third-order valence-electron chi connectivity index (χ3n) is 4.13. The molecule has 0 radical (unpaired) electrons.